The molecule has 2 unspecified atom stereocenters. The van der Waals surface area contributed by atoms with Crippen molar-refractivity contribution in [1.29, 1.82) is 0 Å². The number of benzene rings is 4. The molecule has 2 aliphatic carbocycles. The van der Waals surface area contributed by atoms with Crippen LogP contribution in [0.25, 0.3) is 22.9 Å². The van der Waals surface area contributed by atoms with Crippen LogP contribution >= 0.6 is 0 Å². The van der Waals surface area contributed by atoms with Gasteiger partial charge in [0.1, 0.15) is 11.6 Å². The molecule has 0 aliphatic heterocycles. The first-order valence-electron chi connectivity index (χ1n) is 15.2. The van der Waals surface area contributed by atoms with Gasteiger partial charge in [-0.3, -0.25) is 4.90 Å². The van der Waals surface area contributed by atoms with Crippen molar-refractivity contribution in [3.05, 3.63) is 162 Å². The minimum Gasteiger partial charge on any atom is -0.319 e. The maximum Gasteiger partial charge on any atom is 0.137 e. The topological polar surface area (TPSA) is 32.3 Å². The molecule has 0 fully saturated rings. The van der Waals surface area contributed by atoms with Gasteiger partial charge in [0.2, 0.25) is 0 Å². The highest BCUT2D eigenvalue weighted by Crippen LogP contribution is 2.48. The predicted molar refractivity (Wildman–Crippen MR) is 183 cm³/mol. The van der Waals surface area contributed by atoms with E-state index >= 15 is 0 Å². The molecule has 4 heteroatoms. The third-order valence-electron chi connectivity index (χ3n) is 8.78. The zero-order valence-electron chi connectivity index (χ0n) is 24.8. The number of pyridine rings is 2. The largest absolute Gasteiger partial charge is 0.319 e. The molecule has 0 saturated carbocycles. The van der Waals surface area contributed by atoms with E-state index in [4.69, 9.17) is 9.97 Å². The summed E-state index contributed by atoms with van der Waals surface area (Å²) in [6.45, 7) is 4.16. The summed E-state index contributed by atoms with van der Waals surface area (Å²) in [6.07, 6.45) is 13.2. The minimum absolute atomic E-state index is 0.0581. The average molecular weight is 569 g/mol. The normalized spacial score (nSPS) is 16.2. The van der Waals surface area contributed by atoms with Gasteiger partial charge in [-0.15, -0.1) is 0 Å². The Labute approximate surface area is 258 Å². The molecule has 0 amide bonds. The Bertz CT molecular complexity index is 2030. The van der Waals surface area contributed by atoms with Gasteiger partial charge in [-0.25, -0.2) is 9.97 Å². The van der Waals surface area contributed by atoms with Gasteiger partial charge >= 0.3 is 0 Å². The van der Waals surface area contributed by atoms with Crippen LogP contribution in [-0.4, -0.2) is 16.0 Å². The van der Waals surface area contributed by atoms with Crippen LogP contribution in [-0.2, 0) is 0 Å². The van der Waals surface area contributed by atoms with Gasteiger partial charge in [0, 0.05) is 35.1 Å². The van der Waals surface area contributed by atoms with Gasteiger partial charge in [0.25, 0.3) is 0 Å². The summed E-state index contributed by atoms with van der Waals surface area (Å²) in [5, 5.41) is 2.52. The fourth-order valence-electron chi connectivity index (χ4n) is 6.71. The Hall–Kier alpha value is -5.48. The minimum atomic E-state index is 0.0581. The van der Waals surface area contributed by atoms with E-state index in [1.165, 1.54) is 27.5 Å². The second-order valence-corrected chi connectivity index (χ2v) is 11.7. The smallest absolute Gasteiger partial charge is 0.137 e. The fourth-order valence-corrected chi connectivity index (χ4v) is 6.71. The highest BCUT2D eigenvalue weighted by Gasteiger charge is 2.35. The van der Waals surface area contributed by atoms with Crippen molar-refractivity contribution in [3.63, 3.8) is 0 Å². The summed E-state index contributed by atoms with van der Waals surface area (Å²) in [6, 6.07) is 38.8. The molecule has 0 spiro atoms. The Balaban J connectivity index is 1.32. The molecular weight excluding hydrogens is 536 g/mol. The van der Waals surface area contributed by atoms with Crippen molar-refractivity contribution in [1.82, 2.24) is 9.97 Å². The molecule has 2 aliphatic rings. The number of hydrogen-bond acceptors (Lipinski definition) is 4. The molecule has 2 aromatic heterocycles. The zero-order valence-corrected chi connectivity index (χ0v) is 24.8. The zero-order chi connectivity index (χ0) is 29.6. The van der Waals surface area contributed by atoms with Crippen LogP contribution in [0.5, 0.6) is 0 Å². The van der Waals surface area contributed by atoms with Crippen molar-refractivity contribution in [3.8, 4) is 0 Å². The highest BCUT2D eigenvalue weighted by atomic mass is 15.2. The first-order chi connectivity index (χ1) is 21.7. The van der Waals surface area contributed by atoms with Crippen LogP contribution in [0.1, 0.15) is 33.7 Å². The Kier molecular flexibility index (Phi) is 6.34. The van der Waals surface area contributed by atoms with Crippen molar-refractivity contribution in [2.75, 3.05) is 9.80 Å². The second kappa shape index (κ2) is 10.7. The standard InChI is InChI=1S/C40H32N4/c1-27-13-23-37(41-25-27)43(31-9-5-3-6-10-31)35-21-17-29-16-20-34-36(22-18-30-15-19-33(35)39(29)40(30)34)44(32-11-7-4-8-12-32)38-24-14-28(2)26-42-38/h3-26,33,35H,1-2H3. The van der Waals surface area contributed by atoms with Crippen molar-refractivity contribution in [2.24, 2.45) is 0 Å². The molecule has 0 bridgehead atoms. The van der Waals surface area contributed by atoms with Gasteiger partial charge in [-0.05, 0) is 89.5 Å². The quantitative estimate of drug-likeness (QED) is 0.200. The van der Waals surface area contributed by atoms with E-state index in [-0.39, 0.29) is 12.0 Å². The lowest BCUT2D eigenvalue weighted by molar-refractivity contribution is 0.688. The average Bonchev–Trinajstić information content (AvgIpc) is 3.07. The number of anilines is 5. The number of aromatic nitrogens is 2. The lowest BCUT2D eigenvalue weighted by Crippen LogP contribution is -2.37. The van der Waals surface area contributed by atoms with E-state index in [2.05, 4.69) is 157 Å². The highest BCUT2D eigenvalue weighted by molar-refractivity contribution is 6.07. The van der Waals surface area contributed by atoms with E-state index in [9.17, 15) is 0 Å². The lowest BCUT2D eigenvalue weighted by Gasteiger charge is -2.40. The summed E-state index contributed by atoms with van der Waals surface area (Å²) in [4.78, 5) is 14.4. The summed E-state index contributed by atoms with van der Waals surface area (Å²) in [5.41, 5.74) is 9.50. The van der Waals surface area contributed by atoms with Crippen molar-refractivity contribution >= 4 is 51.6 Å². The van der Waals surface area contributed by atoms with Gasteiger partial charge in [-0.2, -0.15) is 0 Å². The maximum atomic E-state index is 4.90. The maximum absolute atomic E-state index is 4.90. The Morgan fingerprint density at radius 1 is 0.568 bits per heavy atom. The van der Waals surface area contributed by atoms with E-state index < -0.39 is 0 Å². The lowest BCUT2D eigenvalue weighted by atomic mass is 9.75. The molecule has 212 valence electrons. The van der Waals surface area contributed by atoms with Crippen molar-refractivity contribution in [2.45, 2.75) is 25.8 Å². The van der Waals surface area contributed by atoms with Crippen molar-refractivity contribution < 1.29 is 0 Å². The molecule has 0 N–H and O–H groups in total. The van der Waals surface area contributed by atoms with E-state index in [1.807, 2.05) is 12.4 Å². The number of aryl methyl sites for hydroxylation is 2. The summed E-state index contributed by atoms with van der Waals surface area (Å²) in [7, 11) is 0. The fraction of sp³-hybridized carbons (Fsp3) is 0.100. The van der Waals surface area contributed by atoms with Crippen LogP contribution in [0, 0.1) is 13.8 Å². The Morgan fingerprint density at radius 2 is 1.20 bits per heavy atom. The molecule has 4 nitrogen and oxygen atoms in total. The van der Waals surface area contributed by atoms with Crippen LogP contribution in [0.2, 0.25) is 0 Å². The molecule has 0 saturated heterocycles. The molecule has 44 heavy (non-hydrogen) atoms. The third-order valence-corrected chi connectivity index (χ3v) is 8.78. The van der Waals surface area contributed by atoms with Crippen LogP contribution in [0.3, 0.4) is 0 Å². The number of rotatable bonds is 6. The number of nitrogens with zero attached hydrogens (tertiary/aromatic N) is 4. The Morgan fingerprint density at radius 3 is 1.89 bits per heavy atom. The molecule has 2 heterocycles. The third kappa shape index (κ3) is 4.38. The summed E-state index contributed by atoms with van der Waals surface area (Å²) < 4.78 is 0. The monoisotopic (exact) mass is 568 g/mol. The molecule has 0 radical (unpaired) electrons. The van der Waals surface area contributed by atoms with Gasteiger partial charge in [0.05, 0.1) is 11.7 Å². The molecule has 6 aromatic rings. The molecule has 4 aromatic carbocycles. The first-order valence-corrected chi connectivity index (χ1v) is 15.2. The van der Waals surface area contributed by atoms with E-state index in [0.717, 1.165) is 39.8 Å². The van der Waals surface area contributed by atoms with Crippen LogP contribution in [0.4, 0.5) is 28.7 Å². The molecule has 2 atom stereocenters. The number of hydrogen-bond donors (Lipinski definition) is 0. The SMILES string of the molecule is Cc1ccc(N(c2ccccc2)c2ccc3c4c5c(ccc24)C=CC(N(c2ccccc2)c2ccc(C)cn2)C5C=C3)nc1. The van der Waals surface area contributed by atoms with Gasteiger partial charge < -0.3 is 4.90 Å². The predicted octanol–water partition coefficient (Wildman–Crippen LogP) is 10.1. The summed E-state index contributed by atoms with van der Waals surface area (Å²) in [5.74, 6) is 1.99. The number of para-hydroxylation sites is 2. The molecular formula is C40H32N4. The summed E-state index contributed by atoms with van der Waals surface area (Å²) >= 11 is 0. The first kappa shape index (κ1) is 26.2. The van der Waals surface area contributed by atoms with Gasteiger partial charge in [0.15, 0.2) is 0 Å². The second-order valence-electron chi connectivity index (χ2n) is 11.7. The van der Waals surface area contributed by atoms with E-state index in [1.54, 1.807) is 0 Å². The van der Waals surface area contributed by atoms with Crippen LogP contribution < -0.4 is 9.80 Å². The molecule has 8 rings (SSSR count). The van der Waals surface area contributed by atoms with Gasteiger partial charge in [-0.1, -0.05) is 91.0 Å². The van der Waals surface area contributed by atoms with Crippen LogP contribution in [0.15, 0.2) is 134 Å². The van der Waals surface area contributed by atoms with E-state index in [0.29, 0.717) is 0 Å².